The number of rotatable bonds is 8. The van der Waals surface area contributed by atoms with Crippen LogP contribution in [0.15, 0.2) is 48.5 Å². The lowest BCUT2D eigenvalue weighted by molar-refractivity contribution is -0.121. The van der Waals surface area contributed by atoms with Crippen LogP contribution in [0, 0.1) is 5.92 Å². The molecule has 156 valence electrons. The highest BCUT2D eigenvalue weighted by molar-refractivity contribution is 6.30. The molecule has 3 rings (SSSR count). The van der Waals surface area contributed by atoms with Crippen molar-refractivity contribution >= 4 is 23.2 Å². The highest BCUT2D eigenvalue weighted by Crippen LogP contribution is 2.24. The van der Waals surface area contributed by atoms with Crippen LogP contribution in [-0.4, -0.2) is 25.6 Å². The summed E-state index contributed by atoms with van der Waals surface area (Å²) < 4.78 is 5.64. The SMILES string of the molecule is CC1CCCN(c2ccc(C(C)NC(=O)CCCOc3ccc(Cl)cc3)cc2)C1. The molecule has 0 radical (unpaired) electrons. The molecule has 1 fully saturated rings. The van der Waals surface area contributed by atoms with E-state index in [0.717, 1.165) is 30.3 Å². The zero-order valence-electron chi connectivity index (χ0n) is 17.4. The van der Waals surface area contributed by atoms with Crippen molar-refractivity contribution < 1.29 is 9.53 Å². The van der Waals surface area contributed by atoms with Crippen molar-refractivity contribution in [3.63, 3.8) is 0 Å². The van der Waals surface area contributed by atoms with Gasteiger partial charge in [-0.25, -0.2) is 0 Å². The topological polar surface area (TPSA) is 41.6 Å². The fourth-order valence-electron chi connectivity index (χ4n) is 3.75. The summed E-state index contributed by atoms with van der Waals surface area (Å²) in [6.45, 7) is 7.11. The number of benzene rings is 2. The molecule has 1 amide bonds. The van der Waals surface area contributed by atoms with Gasteiger partial charge < -0.3 is 15.0 Å². The van der Waals surface area contributed by atoms with E-state index in [9.17, 15) is 4.79 Å². The number of carbonyl (C=O) groups is 1. The minimum atomic E-state index is -0.00554. The molecule has 5 heteroatoms. The predicted molar refractivity (Wildman–Crippen MR) is 120 cm³/mol. The van der Waals surface area contributed by atoms with Gasteiger partial charge in [-0.15, -0.1) is 0 Å². The van der Waals surface area contributed by atoms with Crippen molar-refractivity contribution in [2.45, 2.75) is 45.6 Å². The quantitative estimate of drug-likeness (QED) is 0.570. The number of carbonyl (C=O) groups excluding carboxylic acids is 1. The van der Waals surface area contributed by atoms with Crippen molar-refractivity contribution in [1.82, 2.24) is 5.32 Å². The average Bonchev–Trinajstić information content (AvgIpc) is 2.72. The molecule has 1 aliphatic heterocycles. The molecule has 1 heterocycles. The second kappa shape index (κ2) is 10.5. The summed E-state index contributed by atoms with van der Waals surface area (Å²) in [6, 6.07) is 15.9. The zero-order chi connectivity index (χ0) is 20.6. The largest absolute Gasteiger partial charge is 0.494 e. The van der Waals surface area contributed by atoms with E-state index in [2.05, 4.69) is 41.4 Å². The molecule has 2 atom stereocenters. The third-order valence-electron chi connectivity index (χ3n) is 5.42. The van der Waals surface area contributed by atoms with Crippen LogP contribution in [0.25, 0.3) is 0 Å². The van der Waals surface area contributed by atoms with Gasteiger partial charge in [0.05, 0.1) is 12.6 Å². The van der Waals surface area contributed by atoms with Crippen molar-refractivity contribution in [3.05, 3.63) is 59.1 Å². The van der Waals surface area contributed by atoms with Gasteiger partial charge in [0.15, 0.2) is 0 Å². The molecular formula is C24H31ClN2O2. The third-order valence-corrected chi connectivity index (χ3v) is 5.68. The third kappa shape index (κ3) is 6.67. The predicted octanol–water partition coefficient (Wildman–Crippen LogP) is 5.61. The number of anilines is 1. The zero-order valence-corrected chi connectivity index (χ0v) is 18.1. The van der Waals surface area contributed by atoms with E-state index in [1.165, 1.54) is 18.5 Å². The molecule has 0 bridgehead atoms. The lowest BCUT2D eigenvalue weighted by Crippen LogP contribution is -2.34. The van der Waals surface area contributed by atoms with Gasteiger partial charge in [0, 0.05) is 30.2 Å². The summed E-state index contributed by atoms with van der Waals surface area (Å²) >= 11 is 5.86. The number of nitrogens with one attached hydrogen (secondary N) is 1. The molecule has 29 heavy (non-hydrogen) atoms. The van der Waals surface area contributed by atoms with Crippen LogP contribution in [0.4, 0.5) is 5.69 Å². The van der Waals surface area contributed by atoms with Gasteiger partial charge in [0.2, 0.25) is 5.91 Å². The number of nitrogens with zero attached hydrogens (tertiary/aromatic N) is 1. The molecule has 0 saturated carbocycles. The normalized spacial score (nSPS) is 17.6. The Morgan fingerprint density at radius 2 is 1.93 bits per heavy atom. The van der Waals surface area contributed by atoms with E-state index in [0.29, 0.717) is 24.5 Å². The summed E-state index contributed by atoms with van der Waals surface area (Å²) in [6.07, 6.45) is 3.70. The molecular weight excluding hydrogens is 384 g/mol. The van der Waals surface area contributed by atoms with Gasteiger partial charge in [-0.1, -0.05) is 30.7 Å². The van der Waals surface area contributed by atoms with Crippen LogP contribution in [-0.2, 0) is 4.79 Å². The molecule has 1 N–H and O–H groups in total. The van der Waals surface area contributed by atoms with Crippen LogP contribution in [0.1, 0.15) is 51.1 Å². The maximum atomic E-state index is 12.2. The van der Waals surface area contributed by atoms with E-state index < -0.39 is 0 Å². The molecule has 2 aromatic rings. The van der Waals surface area contributed by atoms with Crippen molar-refractivity contribution in [3.8, 4) is 5.75 Å². The Kier molecular flexibility index (Phi) is 7.82. The van der Waals surface area contributed by atoms with Crippen molar-refractivity contribution in [1.29, 1.82) is 0 Å². The Hall–Kier alpha value is -2.20. The van der Waals surface area contributed by atoms with Gasteiger partial charge in [-0.3, -0.25) is 4.79 Å². The van der Waals surface area contributed by atoms with E-state index in [4.69, 9.17) is 16.3 Å². The number of halogens is 1. The first-order valence-corrected chi connectivity index (χ1v) is 10.9. The van der Waals surface area contributed by atoms with E-state index >= 15 is 0 Å². The molecule has 1 saturated heterocycles. The lowest BCUT2D eigenvalue weighted by Gasteiger charge is -2.33. The fraction of sp³-hybridized carbons (Fsp3) is 0.458. The number of piperidine rings is 1. The highest BCUT2D eigenvalue weighted by atomic mass is 35.5. The summed E-state index contributed by atoms with van der Waals surface area (Å²) in [5, 5.41) is 3.77. The van der Waals surface area contributed by atoms with Gasteiger partial charge in [0.25, 0.3) is 0 Å². The summed E-state index contributed by atoms with van der Waals surface area (Å²) in [4.78, 5) is 14.7. The number of hydrogen-bond donors (Lipinski definition) is 1. The van der Waals surface area contributed by atoms with Gasteiger partial charge in [0.1, 0.15) is 5.75 Å². The Morgan fingerprint density at radius 1 is 1.21 bits per heavy atom. The van der Waals surface area contributed by atoms with Crippen LogP contribution >= 0.6 is 11.6 Å². The Morgan fingerprint density at radius 3 is 2.62 bits per heavy atom. The highest BCUT2D eigenvalue weighted by Gasteiger charge is 2.17. The molecule has 2 aromatic carbocycles. The molecule has 2 unspecified atom stereocenters. The van der Waals surface area contributed by atoms with Gasteiger partial charge >= 0.3 is 0 Å². The summed E-state index contributed by atoms with van der Waals surface area (Å²) in [7, 11) is 0. The smallest absolute Gasteiger partial charge is 0.220 e. The lowest BCUT2D eigenvalue weighted by atomic mass is 9.99. The maximum absolute atomic E-state index is 12.2. The maximum Gasteiger partial charge on any atom is 0.220 e. The molecule has 1 aliphatic rings. The van der Waals surface area contributed by atoms with E-state index in [1.54, 1.807) is 12.1 Å². The van der Waals surface area contributed by atoms with Gasteiger partial charge in [-0.05, 0) is 74.1 Å². The first-order valence-electron chi connectivity index (χ1n) is 10.5. The number of hydrogen-bond acceptors (Lipinski definition) is 3. The molecule has 0 spiro atoms. The van der Waals surface area contributed by atoms with Crippen molar-refractivity contribution in [2.24, 2.45) is 5.92 Å². The first-order chi connectivity index (χ1) is 14.0. The molecule has 0 aliphatic carbocycles. The van der Waals surface area contributed by atoms with Crippen LogP contribution in [0.2, 0.25) is 5.02 Å². The van der Waals surface area contributed by atoms with Crippen molar-refractivity contribution in [2.75, 3.05) is 24.6 Å². The Bertz CT molecular complexity index is 776. The fourth-order valence-corrected chi connectivity index (χ4v) is 3.87. The standard InChI is InChI=1S/C24H31ClN2O2/c1-18-5-3-15-27(17-18)22-11-7-20(8-12-22)19(2)26-24(28)6-4-16-29-23-13-9-21(25)10-14-23/h7-14,18-19H,3-6,15-17H2,1-2H3,(H,26,28). The summed E-state index contributed by atoms with van der Waals surface area (Å²) in [5.41, 5.74) is 2.41. The van der Waals surface area contributed by atoms with Crippen LogP contribution < -0.4 is 15.0 Å². The number of ether oxygens (including phenoxy) is 1. The Labute approximate surface area is 179 Å². The Balaban J connectivity index is 1.40. The second-order valence-corrected chi connectivity index (χ2v) is 8.42. The van der Waals surface area contributed by atoms with Crippen LogP contribution in [0.5, 0.6) is 5.75 Å². The second-order valence-electron chi connectivity index (χ2n) is 7.98. The monoisotopic (exact) mass is 414 g/mol. The summed E-state index contributed by atoms with van der Waals surface area (Å²) in [5.74, 6) is 1.57. The average molecular weight is 415 g/mol. The molecule has 4 nitrogen and oxygen atoms in total. The minimum absolute atomic E-state index is 0.00554. The van der Waals surface area contributed by atoms with Crippen LogP contribution in [0.3, 0.4) is 0 Å². The number of amides is 1. The first kappa shape index (κ1) is 21.5. The minimum Gasteiger partial charge on any atom is -0.494 e. The van der Waals surface area contributed by atoms with Gasteiger partial charge in [-0.2, -0.15) is 0 Å². The molecule has 0 aromatic heterocycles. The van der Waals surface area contributed by atoms with E-state index in [-0.39, 0.29) is 11.9 Å². The van der Waals surface area contributed by atoms with E-state index in [1.807, 2.05) is 19.1 Å².